The van der Waals surface area contributed by atoms with Gasteiger partial charge in [-0.2, -0.15) is 12.1 Å². The summed E-state index contributed by atoms with van der Waals surface area (Å²) in [6.45, 7) is 0. The minimum atomic E-state index is -1.09. The van der Waals surface area contributed by atoms with E-state index < -0.39 is 5.60 Å². The number of benzene rings is 2. The first-order chi connectivity index (χ1) is 11.8. The fraction of sp³-hybridized carbons (Fsp3) is 0.0435. The van der Waals surface area contributed by atoms with E-state index in [1.807, 2.05) is 115 Å². The average Bonchev–Trinajstić information content (AvgIpc) is 3.38. The van der Waals surface area contributed by atoms with Crippen molar-refractivity contribution >= 4 is 0 Å². The van der Waals surface area contributed by atoms with E-state index in [9.17, 15) is 5.11 Å². The molecule has 0 heterocycles. The molecule has 0 bridgehead atoms. The van der Waals surface area contributed by atoms with Crippen molar-refractivity contribution in [3.8, 4) is 0 Å². The standard InChI is InChI=1S/C18H15O.C5H5.Fe/c19-18(17-13-7-8-14-17,15-9-3-1-4-10-15)16-11-5-2-6-12-16;1-2-4-5-3-1;/h1-14,19H;1-5H;/q-1;-5;. The molecule has 4 aromatic rings. The molecule has 4 aromatic carbocycles. The smallest absolute Gasteiger partial charge is 0.0962 e. The Labute approximate surface area is 159 Å². The number of rotatable bonds is 3. The zero-order valence-corrected chi connectivity index (χ0v) is 14.9. The van der Waals surface area contributed by atoms with Crippen LogP contribution >= 0.6 is 0 Å². The van der Waals surface area contributed by atoms with Gasteiger partial charge in [-0.05, 0) is 11.1 Å². The van der Waals surface area contributed by atoms with Gasteiger partial charge >= 0.3 is 0 Å². The van der Waals surface area contributed by atoms with Crippen LogP contribution in [-0.4, -0.2) is 5.11 Å². The summed E-state index contributed by atoms with van der Waals surface area (Å²) in [7, 11) is 0. The second-order valence-corrected chi connectivity index (χ2v) is 5.58. The summed E-state index contributed by atoms with van der Waals surface area (Å²) in [5.74, 6) is 0. The van der Waals surface area contributed by atoms with Crippen molar-refractivity contribution in [3.05, 3.63) is 132 Å². The van der Waals surface area contributed by atoms with Crippen LogP contribution in [0.25, 0.3) is 0 Å². The topological polar surface area (TPSA) is 20.2 Å². The molecule has 0 aliphatic heterocycles. The molecule has 1 N–H and O–H groups in total. The van der Waals surface area contributed by atoms with Gasteiger partial charge in [0, 0.05) is 17.1 Å². The van der Waals surface area contributed by atoms with E-state index in [2.05, 4.69) is 0 Å². The molecule has 0 saturated heterocycles. The van der Waals surface area contributed by atoms with Crippen molar-refractivity contribution in [2.24, 2.45) is 0 Å². The van der Waals surface area contributed by atoms with E-state index >= 15 is 0 Å². The average molecular weight is 368 g/mol. The normalized spacial score (nSPS) is 10.3. The van der Waals surface area contributed by atoms with Gasteiger partial charge in [0.1, 0.15) is 0 Å². The Bertz CT molecular complexity index is 746. The van der Waals surface area contributed by atoms with Gasteiger partial charge in [0.2, 0.25) is 0 Å². The van der Waals surface area contributed by atoms with Gasteiger partial charge in [0.05, 0.1) is 5.60 Å². The summed E-state index contributed by atoms with van der Waals surface area (Å²) in [6.07, 6.45) is 0. The first kappa shape index (κ1) is 19.0. The monoisotopic (exact) mass is 368 g/mol. The van der Waals surface area contributed by atoms with Gasteiger partial charge < -0.3 is 35.4 Å². The third-order valence-corrected chi connectivity index (χ3v) is 4.02. The Hall–Kier alpha value is -2.38. The van der Waals surface area contributed by atoms with Gasteiger partial charge in [-0.3, -0.25) is 0 Å². The minimum absolute atomic E-state index is 0. The Balaban J connectivity index is 0.000000325. The molecule has 0 aromatic heterocycles. The van der Waals surface area contributed by atoms with Crippen molar-refractivity contribution in [3.63, 3.8) is 0 Å². The first-order valence-electron chi connectivity index (χ1n) is 8.04. The van der Waals surface area contributed by atoms with E-state index in [1.54, 1.807) is 0 Å². The van der Waals surface area contributed by atoms with E-state index in [0.717, 1.165) is 16.7 Å². The SMILES string of the molecule is OC(c1ccccc1)(c1ccccc1)[c-]1cccc1.[Fe].[cH-]1[cH-][cH-][cH-][cH-]1. The van der Waals surface area contributed by atoms with Crippen LogP contribution in [0.2, 0.25) is 0 Å². The molecule has 0 fully saturated rings. The second-order valence-electron chi connectivity index (χ2n) is 5.58. The van der Waals surface area contributed by atoms with Gasteiger partial charge in [-0.15, -0.1) is 5.56 Å². The molecule has 0 radical (unpaired) electrons. The molecule has 0 aliphatic carbocycles. The van der Waals surface area contributed by atoms with Gasteiger partial charge in [0.25, 0.3) is 0 Å². The molecule has 0 amide bonds. The maximum Gasteiger partial charge on any atom is 0.0962 e. The predicted molar refractivity (Wildman–Crippen MR) is 99.1 cm³/mol. The van der Waals surface area contributed by atoms with Crippen LogP contribution in [-0.2, 0) is 22.7 Å². The van der Waals surface area contributed by atoms with E-state index in [1.165, 1.54) is 0 Å². The van der Waals surface area contributed by atoms with Gasteiger partial charge in [0.15, 0.2) is 0 Å². The fourth-order valence-corrected chi connectivity index (χ4v) is 2.79. The zero-order valence-electron chi connectivity index (χ0n) is 13.8. The van der Waals surface area contributed by atoms with E-state index in [0.29, 0.717) is 0 Å². The Kier molecular flexibility index (Phi) is 6.97. The molecule has 0 atom stereocenters. The van der Waals surface area contributed by atoms with Crippen LogP contribution in [0.1, 0.15) is 16.7 Å². The molecule has 0 aliphatic rings. The summed E-state index contributed by atoms with van der Waals surface area (Å²) in [5.41, 5.74) is 1.57. The summed E-state index contributed by atoms with van der Waals surface area (Å²) < 4.78 is 0. The molecule has 132 valence electrons. The van der Waals surface area contributed by atoms with Crippen LogP contribution in [0.4, 0.5) is 0 Å². The number of aliphatic hydroxyl groups is 1. The van der Waals surface area contributed by atoms with Crippen molar-refractivity contribution in [1.29, 1.82) is 0 Å². The van der Waals surface area contributed by atoms with Crippen LogP contribution in [0.5, 0.6) is 0 Å². The van der Waals surface area contributed by atoms with E-state index in [4.69, 9.17) is 0 Å². The number of hydrogen-bond donors (Lipinski definition) is 1. The molecule has 25 heavy (non-hydrogen) atoms. The van der Waals surface area contributed by atoms with Crippen molar-refractivity contribution in [1.82, 2.24) is 0 Å². The van der Waals surface area contributed by atoms with Crippen LogP contribution in [0.15, 0.2) is 115 Å². The van der Waals surface area contributed by atoms with Gasteiger partial charge in [-0.25, -0.2) is 12.1 Å². The summed E-state index contributed by atoms with van der Waals surface area (Å²) in [4.78, 5) is 0. The fourth-order valence-electron chi connectivity index (χ4n) is 2.79. The van der Waals surface area contributed by atoms with Crippen molar-refractivity contribution in [2.45, 2.75) is 5.60 Å². The van der Waals surface area contributed by atoms with Crippen LogP contribution in [0, 0.1) is 0 Å². The van der Waals surface area contributed by atoms with Crippen LogP contribution < -0.4 is 0 Å². The maximum atomic E-state index is 11.3. The van der Waals surface area contributed by atoms with Crippen molar-refractivity contribution in [2.75, 3.05) is 0 Å². The summed E-state index contributed by atoms with van der Waals surface area (Å²) in [5, 5.41) is 11.3. The Morgan fingerprint density at radius 3 is 1.32 bits per heavy atom. The minimum Gasteiger partial charge on any atom is -0.748 e. The molecule has 0 unspecified atom stereocenters. The Morgan fingerprint density at radius 2 is 0.960 bits per heavy atom. The quantitative estimate of drug-likeness (QED) is 0.394. The molecule has 2 heteroatoms. The maximum absolute atomic E-state index is 11.3. The third-order valence-electron chi connectivity index (χ3n) is 4.02. The first-order valence-corrected chi connectivity index (χ1v) is 8.04. The summed E-state index contributed by atoms with van der Waals surface area (Å²) >= 11 is 0. The number of hydrogen-bond acceptors (Lipinski definition) is 1. The molecule has 0 spiro atoms. The van der Waals surface area contributed by atoms with Gasteiger partial charge in [-0.1, -0.05) is 60.7 Å². The zero-order chi connectivity index (χ0) is 16.7. The van der Waals surface area contributed by atoms with E-state index in [-0.39, 0.29) is 17.1 Å². The molecule has 1 nitrogen and oxygen atoms in total. The second kappa shape index (κ2) is 9.19. The third kappa shape index (κ3) is 4.37. The van der Waals surface area contributed by atoms with Crippen LogP contribution in [0.3, 0.4) is 0 Å². The van der Waals surface area contributed by atoms with Crippen molar-refractivity contribution < 1.29 is 22.2 Å². The largest absolute Gasteiger partial charge is 0.748 e. The molecular formula is C23H20FeO-6. The molecular weight excluding hydrogens is 348 g/mol. The molecule has 4 rings (SSSR count). The summed E-state index contributed by atoms with van der Waals surface area (Å²) in [6, 6.07) is 37.4. The predicted octanol–water partition coefficient (Wildman–Crippen LogP) is 5.09. The molecule has 0 saturated carbocycles. The Morgan fingerprint density at radius 1 is 0.600 bits per heavy atom.